The Morgan fingerprint density at radius 1 is 1.02 bits per heavy atom. The normalized spacial score (nSPS) is 23.8. The second-order valence-electron chi connectivity index (χ2n) is 13.2. The number of amides is 2. The topological polar surface area (TPSA) is 87.9 Å². The average Bonchev–Trinajstić information content (AvgIpc) is 3.74. The van der Waals surface area contributed by atoms with Crippen molar-refractivity contribution in [1.29, 1.82) is 5.26 Å². The molecule has 5 aliphatic rings. The van der Waals surface area contributed by atoms with Gasteiger partial charge in [0.05, 0.1) is 12.2 Å². The number of nitriles is 1. The zero-order valence-corrected chi connectivity index (χ0v) is 23.1. The van der Waals surface area contributed by atoms with E-state index in [1.54, 1.807) is 0 Å². The molecular formula is C33H38N4O3. The molecule has 2 aromatic carbocycles. The average molecular weight is 539 g/mol. The Bertz CT molecular complexity index is 1380. The highest BCUT2D eigenvalue weighted by Gasteiger charge is 2.52. The molecule has 40 heavy (non-hydrogen) atoms. The van der Waals surface area contributed by atoms with Gasteiger partial charge in [-0.1, -0.05) is 24.3 Å². The Hall–Kier alpha value is -3.21. The maximum atomic E-state index is 13.6. The van der Waals surface area contributed by atoms with Gasteiger partial charge in [0.15, 0.2) is 0 Å². The first-order valence-electron chi connectivity index (χ1n) is 15.0. The van der Waals surface area contributed by atoms with Gasteiger partial charge < -0.3 is 14.9 Å². The van der Waals surface area contributed by atoms with Crippen molar-refractivity contribution in [2.75, 3.05) is 39.3 Å². The molecule has 2 amide bonds. The maximum Gasteiger partial charge on any atom is 0.254 e. The molecule has 7 nitrogen and oxygen atoms in total. The quantitative estimate of drug-likeness (QED) is 0.627. The van der Waals surface area contributed by atoms with Crippen LogP contribution in [0.4, 0.5) is 0 Å². The standard InChI is InChI=1S/C33H38N4O3/c34-18-23-16-32(17-23)10-13-36(14-11-32)30(39)25-5-6-28-29(15-25)33(8-9-33)22-37(31(28)40)21-27(38)20-35-12-7-24-3-1-2-4-26(24)19-35/h1-6,15,23,27,38H,7-14,16-17,19-22H2/t27-/m1/s1. The first-order valence-corrected chi connectivity index (χ1v) is 15.0. The molecule has 0 unspecified atom stereocenters. The summed E-state index contributed by atoms with van der Waals surface area (Å²) in [6.07, 6.45) is 6.31. The number of hydrogen-bond acceptors (Lipinski definition) is 5. The fourth-order valence-corrected chi connectivity index (χ4v) is 7.89. The summed E-state index contributed by atoms with van der Waals surface area (Å²) in [6.45, 7) is 4.75. The van der Waals surface area contributed by atoms with E-state index in [-0.39, 0.29) is 28.6 Å². The number of nitrogens with zero attached hydrogens (tertiary/aromatic N) is 4. The molecule has 2 aromatic rings. The number of rotatable bonds is 5. The molecule has 0 radical (unpaired) electrons. The molecule has 2 spiro atoms. The number of carbonyl (C=O) groups is 2. The first kappa shape index (κ1) is 25.7. The van der Waals surface area contributed by atoms with Crippen molar-refractivity contribution in [2.45, 2.75) is 63.0 Å². The molecule has 3 fully saturated rings. The molecular weight excluding hydrogens is 500 g/mol. The summed E-state index contributed by atoms with van der Waals surface area (Å²) in [5.74, 6) is 0.211. The number of benzene rings is 2. The Kier molecular flexibility index (Phi) is 6.25. The molecule has 7 rings (SSSR count). The van der Waals surface area contributed by atoms with E-state index in [1.165, 1.54) is 11.1 Å². The highest BCUT2D eigenvalue weighted by Crippen LogP contribution is 2.53. The van der Waals surface area contributed by atoms with Crippen LogP contribution in [0.1, 0.15) is 75.9 Å². The van der Waals surface area contributed by atoms with E-state index in [4.69, 9.17) is 5.26 Å². The lowest BCUT2D eigenvalue weighted by Crippen LogP contribution is -2.49. The lowest BCUT2D eigenvalue weighted by Gasteiger charge is -2.50. The van der Waals surface area contributed by atoms with Gasteiger partial charge in [-0.15, -0.1) is 0 Å². The van der Waals surface area contributed by atoms with E-state index >= 15 is 0 Å². The van der Waals surface area contributed by atoms with Crippen molar-refractivity contribution < 1.29 is 14.7 Å². The van der Waals surface area contributed by atoms with Gasteiger partial charge in [0.25, 0.3) is 11.8 Å². The van der Waals surface area contributed by atoms with Crippen LogP contribution in [0.15, 0.2) is 42.5 Å². The summed E-state index contributed by atoms with van der Waals surface area (Å²) in [5, 5.41) is 20.2. The summed E-state index contributed by atoms with van der Waals surface area (Å²) in [6, 6.07) is 16.5. The van der Waals surface area contributed by atoms with E-state index in [0.29, 0.717) is 30.8 Å². The Balaban J connectivity index is 1.00. The first-order chi connectivity index (χ1) is 19.4. The van der Waals surface area contributed by atoms with Crippen LogP contribution in [-0.4, -0.2) is 77.0 Å². The van der Waals surface area contributed by atoms with Crippen LogP contribution >= 0.6 is 0 Å². The van der Waals surface area contributed by atoms with Gasteiger partial charge in [-0.25, -0.2) is 0 Å². The van der Waals surface area contributed by atoms with Gasteiger partial charge in [-0.05, 0) is 85.3 Å². The van der Waals surface area contributed by atoms with E-state index in [9.17, 15) is 14.7 Å². The molecule has 7 heteroatoms. The van der Waals surface area contributed by atoms with Crippen LogP contribution in [0.2, 0.25) is 0 Å². The Morgan fingerprint density at radius 3 is 2.50 bits per heavy atom. The van der Waals surface area contributed by atoms with Crippen molar-refractivity contribution in [3.63, 3.8) is 0 Å². The number of aliphatic hydroxyl groups is 1. The molecule has 1 N–H and O–H groups in total. The Labute approximate surface area is 236 Å². The summed E-state index contributed by atoms with van der Waals surface area (Å²) >= 11 is 0. The maximum absolute atomic E-state index is 13.6. The van der Waals surface area contributed by atoms with E-state index in [0.717, 1.165) is 76.7 Å². The monoisotopic (exact) mass is 538 g/mol. The van der Waals surface area contributed by atoms with Crippen molar-refractivity contribution in [3.05, 3.63) is 70.3 Å². The van der Waals surface area contributed by atoms with Gasteiger partial charge in [-0.3, -0.25) is 14.5 Å². The molecule has 1 saturated heterocycles. The second kappa shape index (κ2) is 9.71. The third-order valence-electron chi connectivity index (χ3n) is 10.5. The molecule has 3 heterocycles. The van der Waals surface area contributed by atoms with Crippen LogP contribution in [0.3, 0.4) is 0 Å². The smallest absolute Gasteiger partial charge is 0.254 e. The number of hydrogen-bond donors (Lipinski definition) is 1. The summed E-state index contributed by atoms with van der Waals surface area (Å²) in [7, 11) is 0. The number of fused-ring (bicyclic) bond motifs is 3. The zero-order chi connectivity index (χ0) is 27.5. The molecule has 2 aliphatic carbocycles. The van der Waals surface area contributed by atoms with Crippen LogP contribution in [0.5, 0.6) is 0 Å². The van der Waals surface area contributed by atoms with Gasteiger partial charge in [0.2, 0.25) is 0 Å². The highest BCUT2D eigenvalue weighted by molar-refractivity contribution is 6.01. The SMILES string of the molecule is N#CC1CC2(CCN(C(=O)c3ccc4c(c3)C3(CC3)CN(C[C@H](O)CN3CCc5ccccc5C3)C4=O)CC2)C1. The van der Waals surface area contributed by atoms with Crippen molar-refractivity contribution in [3.8, 4) is 6.07 Å². The number of piperidine rings is 1. The molecule has 0 bridgehead atoms. The number of aliphatic hydroxyl groups excluding tert-OH is 1. The molecule has 2 saturated carbocycles. The lowest BCUT2D eigenvalue weighted by molar-refractivity contribution is 0.00873. The highest BCUT2D eigenvalue weighted by atomic mass is 16.3. The predicted octanol–water partition coefficient (Wildman–Crippen LogP) is 3.75. The third kappa shape index (κ3) is 4.52. The van der Waals surface area contributed by atoms with Crippen LogP contribution < -0.4 is 0 Å². The molecule has 3 aliphatic heterocycles. The van der Waals surface area contributed by atoms with Crippen LogP contribution in [-0.2, 0) is 18.4 Å². The summed E-state index contributed by atoms with van der Waals surface area (Å²) < 4.78 is 0. The fourth-order valence-electron chi connectivity index (χ4n) is 7.89. The summed E-state index contributed by atoms with van der Waals surface area (Å²) in [5.41, 5.74) is 5.28. The second-order valence-corrected chi connectivity index (χ2v) is 13.2. The van der Waals surface area contributed by atoms with Crippen LogP contribution in [0, 0.1) is 22.7 Å². The van der Waals surface area contributed by atoms with E-state index in [1.807, 2.05) is 28.0 Å². The number of likely N-dealkylation sites (tertiary alicyclic amines) is 1. The lowest BCUT2D eigenvalue weighted by atomic mass is 9.58. The predicted molar refractivity (Wildman–Crippen MR) is 151 cm³/mol. The Morgan fingerprint density at radius 2 is 1.77 bits per heavy atom. The largest absolute Gasteiger partial charge is 0.390 e. The van der Waals surface area contributed by atoms with Crippen LogP contribution in [0.25, 0.3) is 0 Å². The van der Waals surface area contributed by atoms with Crippen molar-refractivity contribution in [2.24, 2.45) is 11.3 Å². The van der Waals surface area contributed by atoms with Gasteiger partial charge in [0.1, 0.15) is 0 Å². The molecule has 208 valence electrons. The minimum atomic E-state index is -0.603. The number of carbonyl (C=O) groups excluding carboxylic acids is 2. The molecule has 0 aromatic heterocycles. The number of β-amino-alcohol motifs (C(OH)–C–C–N with tert-alkyl or cyclic N) is 1. The van der Waals surface area contributed by atoms with E-state index in [2.05, 4.69) is 35.2 Å². The zero-order valence-electron chi connectivity index (χ0n) is 23.1. The molecule has 1 atom stereocenters. The minimum Gasteiger partial charge on any atom is -0.390 e. The fraction of sp³-hybridized carbons (Fsp3) is 0.545. The van der Waals surface area contributed by atoms with Crippen molar-refractivity contribution in [1.82, 2.24) is 14.7 Å². The minimum absolute atomic E-state index is 0.0356. The third-order valence-corrected chi connectivity index (χ3v) is 10.5. The van der Waals surface area contributed by atoms with Gasteiger partial charge in [-0.2, -0.15) is 5.26 Å². The van der Waals surface area contributed by atoms with Gasteiger partial charge >= 0.3 is 0 Å². The van der Waals surface area contributed by atoms with E-state index < -0.39 is 6.10 Å². The van der Waals surface area contributed by atoms with Gasteiger partial charge in [0, 0.05) is 68.3 Å². The summed E-state index contributed by atoms with van der Waals surface area (Å²) in [4.78, 5) is 33.1. The van der Waals surface area contributed by atoms with Crippen molar-refractivity contribution >= 4 is 11.8 Å².